The van der Waals surface area contributed by atoms with E-state index in [0.29, 0.717) is 0 Å². The summed E-state index contributed by atoms with van der Waals surface area (Å²) in [7, 11) is 5.56. The van der Waals surface area contributed by atoms with Crippen LogP contribution in [0.15, 0.2) is 0 Å². The lowest BCUT2D eigenvalue weighted by molar-refractivity contribution is -0.119. The van der Waals surface area contributed by atoms with Crippen molar-refractivity contribution in [2.45, 2.75) is 32.1 Å². The van der Waals surface area contributed by atoms with Gasteiger partial charge in [-0.1, -0.05) is 0 Å². The van der Waals surface area contributed by atoms with E-state index >= 15 is 0 Å². The van der Waals surface area contributed by atoms with Crippen LogP contribution in [0.4, 0.5) is 0 Å². The molecule has 0 bridgehead atoms. The van der Waals surface area contributed by atoms with Crippen LogP contribution in [-0.2, 0) is 9.47 Å². The Hall–Kier alpha value is -0.160. The van der Waals surface area contributed by atoms with E-state index < -0.39 is 0 Å². The smallest absolute Gasteiger partial charge is 0.171 e. The molecular formula is C12H26N2O2. The van der Waals surface area contributed by atoms with Crippen molar-refractivity contribution < 1.29 is 9.47 Å². The molecule has 0 aromatic heterocycles. The maximum atomic E-state index is 5.23. The van der Waals surface area contributed by atoms with Crippen LogP contribution < -0.4 is 5.32 Å². The Labute approximate surface area is 99.3 Å². The first-order valence-corrected chi connectivity index (χ1v) is 6.15. The van der Waals surface area contributed by atoms with E-state index in [1.165, 1.54) is 25.9 Å². The number of nitrogens with zero attached hydrogens (tertiary/aromatic N) is 1. The molecule has 0 radical (unpaired) electrons. The van der Waals surface area contributed by atoms with E-state index in [1.54, 1.807) is 14.2 Å². The van der Waals surface area contributed by atoms with Crippen molar-refractivity contribution in [2.24, 2.45) is 5.92 Å². The summed E-state index contributed by atoms with van der Waals surface area (Å²) in [6, 6.07) is 0.245. The highest BCUT2D eigenvalue weighted by Gasteiger charge is 2.20. The summed E-state index contributed by atoms with van der Waals surface area (Å²) in [4.78, 5) is 2.40. The zero-order valence-corrected chi connectivity index (χ0v) is 11.0. The first-order chi connectivity index (χ1) is 7.67. The molecule has 1 N–H and O–H groups in total. The molecule has 1 aliphatic rings. The van der Waals surface area contributed by atoms with Crippen molar-refractivity contribution in [3.05, 3.63) is 0 Å². The third-order valence-corrected chi connectivity index (χ3v) is 3.44. The molecule has 1 unspecified atom stereocenters. The van der Waals surface area contributed by atoms with Gasteiger partial charge in [0.05, 0.1) is 6.04 Å². The summed E-state index contributed by atoms with van der Waals surface area (Å²) in [6.07, 6.45) is 2.44. The largest absolute Gasteiger partial charge is 0.354 e. The number of methoxy groups -OCH3 is 2. The molecule has 1 atom stereocenters. The normalized spacial score (nSPS) is 21.6. The molecular weight excluding hydrogens is 204 g/mol. The van der Waals surface area contributed by atoms with Gasteiger partial charge >= 0.3 is 0 Å². The van der Waals surface area contributed by atoms with Gasteiger partial charge in [0.15, 0.2) is 6.29 Å². The average Bonchev–Trinajstić information content (AvgIpc) is 2.30. The third kappa shape index (κ3) is 4.37. The Bertz CT molecular complexity index is 178. The van der Waals surface area contributed by atoms with Gasteiger partial charge in [-0.2, -0.15) is 0 Å². The van der Waals surface area contributed by atoms with Crippen LogP contribution in [0.2, 0.25) is 0 Å². The minimum absolute atomic E-state index is 0.147. The van der Waals surface area contributed by atoms with E-state index in [9.17, 15) is 0 Å². The van der Waals surface area contributed by atoms with Crippen molar-refractivity contribution in [1.29, 1.82) is 0 Å². The number of ether oxygens (including phenoxy) is 2. The van der Waals surface area contributed by atoms with Crippen LogP contribution in [-0.4, -0.2) is 58.1 Å². The van der Waals surface area contributed by atoms with Gasteiger partial charge in [0, 0.05) is 14.2 Å². The Balaban J connectivity index is 2.18. The van der Waals surface area contributed by atoms with Gasteiger partial charge in [-0.05, 0) is 52.4 Å². The second-order valence-electron chi connectivity index (χ2n) is 4.78. The zero-order valence-electron chi connectivity index (χ0n) is 11.0. The van der Waals surface area contributed by atoms with Crippen LogP contribution in [0.25, 0.3) is 0 Å². The molecule has 4 heteroatoms. The number of rotatable bonds is 6. The Morgan fingerprint density at radius 1 is 1.25 bits per heavy atom. The van der Waals surface area contributed by atoms with E-state index in [-0.39, 0.29) is 12.3 Å². The molecule has 1 rings (SSSR count). The lowest BCUT2D eigenvalue weighted by atomic mass is 9.97. The highest BCUT2D eigenvalue weighted by molar-refractivity contribution is 4.74. The molecule has 1 heterocycles. The fourth-order valence-electron chi connectivity index (χ4n) is 2.22. The molecule has 0 amide bonds. The Morgan fingerprint density at radius 3 is 2.31 bits per heavy atom. The van der Waals surface area contributed by atoms with Crippen LogP contribution in [0.5, 0.6) is 0 Å². The lowest BCUT2D eigenvalue weighted by Crippen LogP contribution is -2.43. The van der Waals surface area contributed by atoms with E-state index in [4.69, 9.17) is 9.47 Å². The summed E-state index contributed by atoms with van der Waals surface area (Å²) in [6.45, 7) is 5.61. The molecule has 0 aromatic carbocycles. The summed E-state index contributed by atoms with van der Waals surface area (Å²) < 4.78 is 10.5. The molecule has 1 aliphatic heterocycles. The average molecular weight is 230 g/mol. The van der Waals surface area contributed by atoms with Crippen molar-refractivity contribution in [3.63, 3.8) is 0 Å². The molecule has 0 aromatic rings. The quantitative estimate of drug-likeness (QED) is 0.688. The second-order valence-corrected chi connectivity index (χ2v) is 4.78. The summed E-state index contributed by atoms with van der Waals surface area (Å²) in [5, 5.41) is 3.50. The highest BCUT2D eigenvalue weighted by Crippen LogP contribution is 2.15. The molecule has 0 saturated carbocycles. The minimum atomic E-state index is -0.147. The summed E-state index contributed by atoms with van der Waals surface area (Å²) in [5.41, 5.74) is 0. The van der Waals surface area contributed by atoms with Gasteiger partial charge in [0.25, 0.3) is 0 Å². The second kappa shape index (κ2) is 7.22. The van der Waals surface area contributed by atoms with Crippen LogP contribution >= 0.6 is 0 Å². The number of hydrogen-bond acceptors (Lipinski definition) is 4. The maximum absolute atomic E-state index is 5.23. The predicted octanol–water partition coefficient (Wildman–Crippen LogP) is 0.925. The maximum Gasteiger partial charge on any atom is 0.171 e. The fourth-order valence-corrected chi connectivity index (χ4v) is 2.22. The molecule has 0 aliphatic carbocycles. The van der Waals surface area contributed by atoms with Crippen LogP contribution in [0.1, 0.15) is 19.8 Å². The van der Waals surface area contributed by atoms with E-state index in [0.717, 1.165) is 12.5 Å². The van der Waals surface area contributed by atoms with Crippen molar-refractivity contribution in [3.8, 4) is 0 Å². The SMILES string of the molecule is COC(OC)C(C)NCC1CCN(C)CC1. The van der Waals surface area contributed by atoms with Crippen molar-refractivity contribution in [1.82, 2.24) is 10.2 Å². The van der Waals surface area contributed by atoms with Gasteiger partial charge in [-0.15, -0.1) is 0 Å². The first-order valence-electron chi connectivity index (χ1n) is 6.15. The van der Waals surface area contributed by atoms with Crippen molar-refractivity contribution in [2.75, 3.05) is 40.9 Å². The number of nitrogens with one attached hydrogen (secondary N) is 1. The standard InChI is InChI=1S/C12H26N2O2/c1-10(12(15-3)16-4)13-9-11-5-7-14(2)8-6-11/h10-13H,5-9H2,1-4H3. The highest BCUT2D eigenvalue weighted by atomic mass is 16.7. The van der Waals surface area contributed by atoms with Crippen molar-refractivity contribution >= 4 is 0 Å². The number of piperidine rings is 1. The third-order valence-electron chi connectivity index (χ3n) is 3.44. The number of likely N-dealkylation sites (tertiary alicyclic amines) is 1. The van der Waals surface area contributed by atoms with Gasteiger partial charge in [-0.25, -0.2) is 0 Å². The van der Waals surface area contributed by atoms with E-state index in [1.807, 2.05) is 0 Å². The van der Waals surface area contributed by atoms with Gasteiger partial charge in [-0.3, -0.25) is 0 Å². The summed E-state index contributed by atoms with van der Waals surface area (Å²) >= 11 is 0. The predicted molar refractivity (Wildman–Crippen MR) is 65.5 cm³/mol. The van der Waals surface area contributed by atoms with Crippen LogP contribution in [0.3, 0.4) is 0 Å². The fraction of sp³-hybridized carbons (Fsp3) is 1.00. The molecule has 1 fully saturated rings. The van der Waals surface area contributed by atoms with Gasteiger partial charge in [0.2, 0.25) is 0 Å². The molecule has 96 valence electrons. The van der Waals surface area contributed by atoms with Gasteiger partial charge < -0.3 is 19.7 Å². The van der Waals surface area contributed by atoms with Crippen LogP contribution in [0, 0.1) is 5.92 Å². The molecule has 16 heavy (non-hydrogen) atoms. The first kappa shape index (κ1) is 13.9. The monoisotopic (exact) mass is 230 g/mol. The number of hydrogen-bond donors (Lipinski definition) is 1. The lowest BCUT2D eigenvalue weighted by Gasteiger charge is -2.31. The van der Waals surface area contributed by atoms with Gasteiger partial charge in [0.1, 0.15) is 0 Å². The zero-order chi connectivity index (χ0) is 12.0. The van der Waals surface area contributed by atoms with E-state index in [2.05, 4.69) is 24.2 Å². The molecule has 0 spiro atoms. The molecule has 4 nitrogen and oxygen atoms in total. The minimum Gasteiger partial charge on any atom is -0.354 e. The summed E-state index contributed by atoms with van der Waals surface area (Å²) in [5.74, 6) is 0.799. The Morgan fingerprint density at radius 2 is 1.81 bits per heavy atom. The molecule has 1 saturated heterocycles. The topological polar surface area (TPSA) is 33.7 Å². The Kier molecular flexibility index (Phi) is 6.28.